The van der Waals surface area contributed by atoms with Crippen LogP contribution in [-0.2, 0) is 17.2 Å². The molecule has 0 unspecified atom stereocenters. The van der Waals surface area contributed by atoms with E-state index in [0.717, 1.165) is 10.9 Å². The third kappa shape index (κ3) is 4.11. The maximum absolute atomic E-state index is 10.7. The summed E-state index contributed by atoms with van der Waals surface area (Å²) in [6, 6.07) is 10.8. The van der Waals surface area contributed by atoms with Crippen molar-refractivity contribution >= 4 is 26.8 Å². The zero-order valence-electron chi connectivity index (χ0n) is 10.9. The second-order valence-electron chi connectivity index (χ2n) is 3.97. The lowest BCUT2D eigenvalue weighted by molar-refractivity contribution is -0.694. The molecule has 0 radical (unpaired) electrons. The minimum atomic E-state index is -6.09. The van der Waals surface area contributed by atoms with Gasteiger partial charge >= 0.3 is 11.3 Å². The molecular formula is C11H9F3N2O5S. The molecule has 7 nitrogen and oxygen atoms in total. The predicted molar refractivity (Wildman–Crippen MR) is 67.5 cm³/mol. The lowest BCUT2D eigenvalue weighted by Gasteiger charge is -2.08. The Morgan fingerprint density at radius 1 is 1.14 bits per heavy atom. The molecule has 0 saturated carbocycles. The first-order valence-electron chi connectivity index (χ1n) is 5.49. The largest absolute Gasteiger partial charge is 0.741 e. The Morgan fingerprint density at radius 2 is 1.64 bits per heavy atom. The molecule has 1 aromatic heterocycles. The van der Waals surface area contributed by atoms with Crippen LogP contribution in [0.1, 0.15) is 0 Å². The highest BCUT2D eigenvalue weighted by Gasteiger charge is 2.36. The molecule has 0 fully saturated rings. The van der Waals surface area contributed by atoms with Gasteiger partial charge in [-0.1, -0.05) is 12.1 Å². The lowest BCUT2D eigenvalue weighted by atomic mass is 10.2. The van der Waals surface area contributed by atoms with E-state index in [1.54, 1.807) is 17.7 Å². The van der Waals surface area contributed by atoms with Crippen LogP contribution in [0.2, 0.25) is 0 Å². The molecule has 1 heterocycles. The van der Waals surface area contributed by atoms with Crippen LogP contribution in [-0.4, -0.2) is 23.4 Å². The number of pyridine rings is 1. The highest BCUT2D eigenvalue weighted by Crippen LogP contribution is 2.20. The van der Waals surface area contributed by atoms with Crippen LogP contribution in [0.15, 0.2) is 36.4 Å². The standard InChI is InChI=1S/C10H9N2O2.CHF3O3S/c1-11-9-5-3-2-4-8(9)6-7-10(11)12(13)14;2-1(3,4)8(5,6)7/h2-7H,1H3;(H,5,6,7)/q+1;/p-1. The van der Waals surface area contributed by atoms with Crippen molar-refractivity contribution in [1.29, 1.82) is 0 Å². The number of fused-ring (bicyclic) bond motifs is 1. The fraction of sp³-hybridized carbons (Fsp3) is 0.182. The maximum Gasteiger partial charge on any atom is 0.501 e. The number of hydrogen-bond acceptors (Lipinski definition) is 5. The maximum atomic E-state index is 10.7. The topological polar surface area (TPSA) is 104 Å². The van der Waals surface area contributed by atoms with E-state index in [9.17, 15) is 23.3 Å². The molecule has 2 rings (SSSR count). The Hall–Kier alpha value is -2.27. The van der Waals surface area contributed by atoms with Crippen molar-refractivity contribution in [2.45, 2.75) is 5.51 Å². The van der Waals surface area contributed by atoms with E-state index in [1.165, 1.54) is 6.07 Å². The van der Waals surface area contributed by atoms with Crippen LogP contribution in [0.25, 0.3) is 10.9 Å². The molecule has 2 aromatic rings. The van der Waals surface area contributed by atoms with E-state index in [4.69, 9.17) is 13.0 Å². The first kappa shape index (κ1) is 17.8. The molecule has 0 N–H and O–H groups in total. The summed E-state index contributed by atoms with van der Waals surface area (Å²) in [4.78, 5) is 10.3. The summed E-state index contributed by atoms with van der Waals surface area (Å²) < 4.78 is 60.5. The van der Waals surface area contributed by atoms with Crippen LogP contribution in [0.3, 0.4) is 0 Å². The van der Waals surface area contributed by atoms with Crippen molar-refractivity contribution in [2.75, 3.05) is 0 Å². The quantitative estimate of drug-likeness (QED) is 0.258. The molecule has 0 atom stereocenters. The zero-order valence-corrected chi connectivity index (χ0v) is 11.8. The Bertz CT molecular complexity index is 805. The van der Waals surface area contributed by atoms with Crippen molar-refractivity contribution in [1.82, 2.24) is 0 Å². The number of aryl methyl sites for hydroxylation is 1. The molecule has 0 spiro atoms. The van der Waals surface area contributed by atoms with Crippen LogP contribution in [0.5, 0.6) is 0 Å². The van der Waals surface area contributed by atoms with Gasteiger partial charge in [-0.05, 0) is 12.1 Å². The smallest absolute Gasteiger partial charge is 0.501 e. The average Bonchev–Trinajstić information content (AvgIpc) is 2.37. The number of aromatic nitrogens is 1. The number of benzene rings is 1. The summed E-state index contributed by atoms with van der Waals surface area (Å²) in [7, 11) is -4.40. The normalized spacial score (nSPS) is 11.7. The van der Waals surface area contributed by atoms with Crippen molar-refractivity contribution in [3.63, 3.8) is 0 Å². The van der Waals surface area contributed by atoms with Crippen molar-refractivity contribution in [3.05, 3.63) is 46.5 Å². The molecule has 11 heteroatoms. The third-order valence-corrected chi connectivity index (χ3v) is 3.09. The van der Waals surface area contributed by atoms with Gasteiger partial charge in [0.2, 0.25) is 5.52 Å². The van der Waals surface area contributed by atoms with Gasteiger partial charge in [-0.2, -0.15) is 13.2 Å². The molecule has 120 valence electrons. The first-order chi connectivity index (χ1) is 9.95. The summed E-state index contributed by atoms with van der Waals surface area (Å²) in [5.41, 5.74) is -4.78. The number of rotatable bonds is 1. The van der Waals surface area contributed by atoms with E-state index in [1.807, 2.05) is 24.3 Å². The van der Waals surface area contributed by atoms with E-state index in [-0.39, 0.29) is 10.7 Å². The Kier molecular flexibility index (Phi) is 5.04. The SMILES string of the molecule is C[n+]1c([N+](=O)[O-])ccc2ccccc21.O=S(=O)([O-])C(F)(F)F. The molecule has 0 aliphatic rings. The molecular weight excluding hydrogens is 329 g/mol. The van der Waals surface area contributed by atoms with Crippen molar-refractivity contribution in [2.24, 2.45) is 7.05 Å². The van der Waals surface area contributed by atoms with Crippen LogP contribution in [0, 0.1) is 10.1 Å². The monoisotopic (exact) mass is 338 g/mol. The lowest BCUT2D eigenvalue weighted by Crippen LogP contribution is -2.32. The van der Waals surface area contributed by atoms with Gasteiger partial charge in [-0.25, -0.2) is 8.42 Å². The van der Waals surface area contributed by atoms with Gasteiger partial charge in [-0.15, -0.1) is 4.57 Å². The summed E-state index contributed by atoms with van der Waals surface area (Å²) in [5, 5.41) is 11.7. The Balaban J connectivity index is 0.000000261. The molecule has 1 aromatic carbocycles. The number of halogens is 3. The Labute approximate surface area is 122 Å². The molecule has 0 aliphatic carbocycles. The number of nitrogens with zero attached hydrogens (tertiary/aromatic N) is 2. The summed E-state index contributed by atoms with van der Waals surface area (Å²) >= 11 is 0. The number of nitro groups is 1. The number of hydrogen-bond donors (Lipinski definition) is 0. The minimum absolute atomic E-state index is 0.101. The van der Waals surface area contributed by atoms with Crippen LogP contribution in [0.4, 0.5) is 19.0 Å². The molecule has 0 saturated heterocycles. The minimum Gasteiger partial charge on any atom is -0.741 e. The van der Waals surface area contributed by atoms with Crippen molar-refractivity contribution in [3.8, 4) is 0 Å². The predicted octanol–water partition coefficient (Wildman–Crippen LogP) is 1.62. The molecule has 22 heavy (non-hydrogen) atoms. The van der Waals surface area contributed by atoms with Gasteiger partial charge in [0, 0.05) is 11.5 Å². The molecule has 0 bridgehead atoms. The van der Waals surface area contributed by atoms with Gasteiger partial charge in [0.1, 0.15) is 12.0 Å². The first-order valence-corrected chi connectivity index (χ1v) is 6.90. The van der Waals surface area contributed by atoms with Gasteiger partial charge in [-0.3, -0.25) is 10.1 Å². The van der Waals surface area contributed by atoms with Gasteiger partial charge in [0.25, 0.3) is 0 Å². The van der Waals surface area contributed by atoms with Gasteiger partial charge < -0.3 is 4.55 Å². The van der Waals surface area contributed by atoms with Gasteiger partial charge in [0.15, 0.2) is 10.1 Å². The summed E-state index contributed by atoms with van der Waals surface area (Å²) in [6.45, 7) is 0. The van der Waals surface area contributed by atoms with Crippen LogP contribution >= 0.6 is 0 Å². The zero-order chi connectivity index (χ0) is 17.1. The molecule has 0 amide bonds. The highest BCUT2D eigenvalue weighted by molar-refractivity contribution is 7.86. The summed E-state index contributed by atoms with van der Waals surface area (Å²) in [5.74, 6) is 0.101. The number of alkyl halides is 3. The average molecular weight is 338 g/mol. The van der Waals surface area contributed by atoms with E-state index >= 15 is 0 Å². The molecule has 0 aliphatic heterocycles. The summed E-state index contributed by atoms with van der Waals surface area (Å²) in [6.07, 6.45) is 0. The van der Waals surface area contributed by atoms with Gasteiger partial charge in [0.05, 0.1) is 6.07 Å². The second-order valence-corrected chi connectivity index (χ2v) is 5.34. The fourth-order valence-corrected chi connectivity index (χ4v) is 1.52. The highest BCUT2D eigenvalue weighted by atomic mass is 32.2. The third-order valence-electron chi connectivity index (χ3n) is 2.52. The van der Waals surface area contributed by atoms with Crippen molar-refractivity contribution < 1.29 is 35.6 Å². The van der Waals surface area contributed by atoms with E-state index in [2.05, 4.69) is 0 Å². The Morgan fingerprint density at radius 3 is 2.09 bits per heavy atom. The van der Waals surface area contributed by atoms with E-state index < -0.39 is 15.6 Å². The van der Waals surface area contributed by atoms with Crippen LogP contribution < -0.4 is 4.57 Å². The fourth-order valence-electron chi connectivity index (χ4n) is 1.52. The number of para-hydroxylation sites is 1. The van der Waals surface area contributed by atoms with E-state index in [0.29, 0.717) is 0 Å². The second kappa shape index (κ2) is 6.23.